The van der Waals surface area contributed by atoms with E-state index in [9.17, 15) is 0 Å². The fraction of sp³-hybridized carbons (Fsp3) is 0.727. The highest BCUT2D eigenvalue weighted by Gasteiger charge is 2.30. The topological polar surface area (TPSA) is 89.2 Å². The summed E-state index contributed by atoms with van der Waals surface area (Å²) in [6.45, 7) is 6.80. The predicted octanol–water partition coefficient (Wildman–Crippen LogP) is 0.933. The number of nitrogens with one attached hydrogen (secondary N) is 1. The van der Waals surface area contributed by atoms with Gasteiger partial charge in [-0.25, -0.2) is 5.84 Å². The van der Waals surface area contributed by atoms with Crippen molar-refractivity contribution in [3.63, 3.8) is 0 Å². The van der Waals surface area contributed by atoms with Gasteiger partial charge in [-0.2, -0.15) is 15.0 Å². The van der Waals surface area contributed by atoms with E-state index in [1.807, 2.05) is 13.8 Å². The lowest BCUT2D eigenvalue weighted by Gasteiger charge is -2.21. The summed E-state index contributed by atoms with van der Waals surface area (Å²) in [6, 6.07) is 0.844. The van der Waals surface area contributed by atoms with Gasteiger partial charge in [0.2, 0.25) is 11.9 Å². The van der Waals surface area contributed by atoms with Gasteiger partial charge in [0.05, 0.1) is 6.10 Å². The van der Waals surface area contributed by atoms with Crippen molar-refractivity contribution in [2.45, 2.75) is 45.8 Å². The Morgan fingerprint density at radius 3 is 2.61 bits per heavy atom. The SMILES string of the molecule is CCN(c1nc(NN)nc(OC(C)C)n1)C1CC1. The molecule has 0 unspecified atom stereocenters. The van der Waals surface area contributed by atoms with Crippen molar-refractivity contribution in [3.8, 4) is 6.01 Å². The molecule has 1 aromatic rings. The number of hydrogen-bond acceptors (Lipinski definition) is 7. The maximum Gasteiger partial charge on any atom is 0.323 e. The van der Waals surface area contributed by atoms with Gasteiger partial charge in [0.1, 0.15) is 0 Å². The van der Waals surface area contributed by atoms with Gasteiger partial charge in [0.25, 0.3) is 0 Å². The number of hydrogen-bond donors (Lipinski definition) is 2. The molecule has 0 saturated heterocycles. The van der Waals surface area contributed by atoms with Crippen LogP contribution in [0, 0.1) is 0 Å². The molecule has 2 rings (SSSR count). The molecule has 1 saturated carbocycles. The van der Waals surface area contributed by atoms with Crippen LogP contribution < -0.4 is 20.9 Å². The van der Waals surface area contributed by atoms with Crippen LogP contribution in [-0.2, 0) is 0 Å². The molecule has 0 bridgehead atoms. The molecule has 7 nitrogen and oxygen atoms in total. The van der Waals surface area contributed by atoms with E-state index in [-0.39, 0.29) is 6.10 Å². The molecule has 100 valence electrons. The number of nitrogens with zero attached hydrogens (tertiary/aromatic N) is 4. The van der Waals surface area contributed by atoms with Gasteiger partial charge in [-0.3, -0.25) is 5.43 Å². The minimum Gasteiger partial charge on any atom is -0.461 e. The second-order valence-electron chi connectivity index (χ2n) is 4.57. The molecule has 1 aliphatic rings. The van der Waals surface area contributed by atoms with Crippen LogP contribution in [0.2, 0.25) is 0 Å². The van der Waals surface area contributed by atoms with Crippen LogP contribution in [0.1, 0.15) is 33.6 Å². The van der Waals surface area contributed by atoms with Gasteiger partial charge in [-0.05, 0) is 33.6 Å². The molecule has 0 aliphatic heterocycles. The molecule has 7 heteroatoms. The highest BCUT2D eigenvalue weighted by atomic mass is 16.5. The molecule has 0 spiro atoms. The fourth-order valence-electron chi connectivity index (χ4n) is 1.75. The molecular formula is C11H20N6O. The molecule has 0 atom stereocenters. The lowest BCUT2D eigenvalue weighted by molar-refractivity contribution is 0.222. The van der Waals surface area contributed by atoms with E-state index in [0.717, 1.165) is 6.54 Å². The van der Waals surface area contributed by atoms with Gasteiger partial charge < -0.3 is 9.64 Å². The van der Waals surface area contributed by atoms with E-state index >= 15 is 0 Å². The lowest BCUT2D eigenvalue weighted by atomic mass is 10.5. The van der Waals surface area contributed by atoms with Gasteiger partial charge in [-0.15, -0.1) is 0 Å². The highest BCUT2D eigenvalue weighted by molar-refractivity contribution is 5.40. The van der Waals surface area contributed by atoms with Gasteiger partial charge in [0, 0.05) is 12.6 Å². The Hall–Kier alpha value is -1.63. The molecule has 1 aliphatic carbocycles. The van der Waals surface area contributed by atoms with Crippen LogP contribution in [0.25, 0.3) is 0 Å². The van der Waals surface area contributed by atoms with E-state index in [1.165, 1.54) is 12.8 Å². The number of nitrogens with two attached hydrogens (primary N) is 1. The summed E-state index contributed by atoms with van der Waals surface area (Å²) >= 11 is 0. The third-order valence-corrected chi connectivity index (χ3v) is 2.66. The maximum atomic E-state index is 5.51. The predicted molar refractivity (Wildman–Crippen MR) is 69.4 cm³/mol. The van der Waals surface area contributed by atoms with Crippen LogP contribution in [0.4, 0.5) is 11.9 Å². The summed E-state index contributed by atoms with van der Waals surface area (Å²) in [6.07, 6.45) is 2.39. The van der Waals surface area contributed by atoms with Crippen LogP contribution >= 0.6 is 0 Å². The average Bonchev–Trinajstić information content (AvgIpc) is 3.13. The Bertz CT molecular complexity index is 407. The number of anilines is 2. The Morgan fingerprint density at radius 1 is 1.39 bits per heavy atom. The average molecular weight is 252 g/mol. The molecule has 0 amide bonds. The Kier molecular flexibility index (Phi) is 3.81. The third-order valence-electron chi connectivity index (χ3n) is 2.66. The van der Waals surface area contributed by atoms with Crippen molar-refractivity contribution < 1.29 is 4.74 Å². The quantitative estimate of drug-likeness (QED) is 0.575. The molecule has 1 fully saturated rings. The zero-order valence-corrected chi connectivity index (χ0v) is 11.1. The van der Waals surface area contributed by atoms with Crippen LogP contribution in [-0.4, -0.2) is 33.6 Å². The van der Waals surface area contributed by atoms with Crippen molar-refractivity contribution in [1.29, 1.82) is 0 Å². The summed E-state index contributed by atoms with van der Waals surface area (Å²) in [4.78, 5) is 14.8. The van der Waals surface area contributed by atoms with Crippen molar-refractivity contribution in [1.82, 2.24) is 15.0 Å². The largest absolute Gasteiger partial charge is 0.461 e. The number of nitrogen functional groups attached to an aromatic ring is 1. The van der Waals surface area contributed by atoms with E-state index in [2.05, 4.69) is 32.2 Å². The Labute approximate surface area is 107 Å². The van der Waals surface area contributed by atoms with Crippen LogP contribution in [0.3, 0.4) is 0 Å². The Morgan fingerprint density at radius 2 is 2.11 bits per heavy atom. The van der Waals surface area contributed by atoms with E-state index < -0.39 is 0 Å². The summed E-state index contributed by atoms with van der Waals surface area (Å²) in [5, 5.41) is 0. The zero-order valence-electron chi connectivity index (χ0n) is 11.1. The van der Waals surface area contributed by atoms with E-state index in [4.69, 9.17) is 10.6 Å². The number of rotatable bonds is 6. The second-order valence-corrected chi connectivity index (χ2v) is 4.57. The first kappa shape index (κ1) is 12.8. The first-order chi connectivity index (χ1) is 8.63. The molecule has 1 aromatic heterocycles. The number of ether oxygens (including phenoxy) is 1. The maximum absolute atomic E-state index is 5.51. The van der Waals surface area contributed by atoms with E-state index in [0.29, 0.717) is 23.9 Å². The van der Waals surface area contributed by atoms with Gasteiger partial charge in [-0.1, -0.05) is 0 Å². The second kappa shape index (κ2) is 5.34. The molecule has 0 radical (unpaired) electrons. The Balaban J connectivity index is 2.27. The third kappa shape index (κ3) is 2.98. The smallest absolute Gasteiger partial charge is 0.323 e. The van der Waals surface area contributed by atoms with Crippen molar-refractivity contribution in [2.24, 2.45) is 5.84 Å². The first-order valence-corrected chi connectivity index (χ1v) is 6.30. The van der Waals surface area contributed by atoms with Gasteiger partial charge in [0.15, 0.2) is 0 Å². The van der Waals surface area contributed by atoms with Crippen LogP contribution in [0.15, 0.2) is 0 Å². The minimum atomic E-state index is 0.0156. The molecule has 1 heterocycles. The first-order valence-electron chi connectivity index (χ1n) is 6.30. The highest BCUT2D eigenvalue weighted by Crippen LogP contribution is 2.30. The zero-order chi connectivity index (χ0) is 13.1. The van der Waals surface area contributed by atoms with Crippen molar-refractivity contribution in [3.05, 3.63) is 0 Å². The summed E-state index contributed by atoms with van der Waals surface area (Å²) in [5.41, 5.74) is 2.45. The minimum absolute atomic E-state index is 0.0156. The lowest BCUT2D eigenvalue weighted by Crippen LogP contribution is -2.28. The summed E-state index contributed by atoms with van der Waals surface area (Å²) < 4.78 is 5.51. The molecule has 18 heavy (non-hydrogen) atoms. The summed E-state index contributed by atoms with van der Waals surface area (Å²) in [5.74, 6) is 6.33. The number of aromatic nitrogens is 3. The normalized spacial score (nSPS) is 14.7. The molecule has 0 aromatic carbocycles. The summed E-state index contributed by atoms with van der Waals surface area (Å²) in [7, 11) is 0. The van der Waals surface area contributed by atoms with E-state index in [1.54, 1.807) is 0 Å². The number of hydrazine groups is 1. The van der Waals surface area contributed by atoms with Crippen molar-refractivity contribution >= 4 is 11.9 Å². The fourth-order valence-corrected chi connectivity index (χ4v) is 1.75. The standard InChI is InChI=1S/C11H20N6O/c1-4-17(8-5-6-8)10-13-9(16-12)14-11(15-10)18-7(2)3/h7-8H,4-6,12H2,1-3H3,(H,13,14,15,16). The molecule has 3 N–H and O–H groups in total. The monoisotopic (exact) mass is 252 g/mol. The van der Waals surface area contributed by atoms with Gasteiger partial charge >= 0.3 is 6.01 Å². The molecular weight excluding hydrogens is 232 g/mol. The van der Waals surface area contributed by atoms with Crippen LogP contribution in [0.5, 0.6) is 6.01 Å². The van der Waals surface area contributed by atoms with Crippen molar-refractivity contribution in [2.75, 3.05) is 16.9 Å².